The van der Waals surface area contributed by atoms with Crippen LogP contribution in [0.2, 0.25) is 0 Å². The van der Waals surface area contributed by atoms with Crippen molar-refractivity contribution in [1.29, 1.82) is 0 Å². The Hall–Kier alpha value is -0.960. The van der Waals surface area contributed by atoms with Gasteiger partial charge in [-0.2, -0.15) is 11.8 Å². The second-order valence-corrected chi connectivity index (χ2v) is 6.00. The molecular weight excluding hydrogens is 413 g/mol. The average Bonchev–Trinajstić information content (AvgIpc) is 2.55. The summed E-state index contributed by atoms with van der Waals surface area (Å²) < 4.78 is 4.67. The Morgan fingerprint density at radius 2 is 1.95 bits per heavy atom. The normalized spacial score (nSPS) is 15.1. The summed E-state index contributed by atoms with van der Waals surface area (Å²) in [5, 5.41) is 0. The van der Waals surface area contributed by atoms with E-state index >= 15 is 0 Å². The highest BCUT2D eigenvalue weighted by atomic mass is 127. The second kappa shape index (κ2) is 9.94. The van der Waals surface area contributed by atoms with Crippen molar-refractivity contribution in [3.8, 4) is 0 Å². The third-order valence-electron chi connectivity index (χ3n) is 3.38. The first-order chi connectivity index (χ1) is 10.2. The van der Waals surface area contributed by atoms with E-state index in [9.17, 15) is 4.79 Å². The fourth-order valence-corrected chi connectivity index (χ4v) is 3.02. The first kappa shape index (κ1) is 19.1. The van der Waals surface area contributed by atoms with Crippen molar-refractivity contribution in [1.82, 2.24) is 4.90 Å². The van der Waals surface area contributed by atoms with Gasteiger partial charge in [0.05, 0.1) is 12.7 Å². The summed E-state index contributed by atoms with van der Waals surface area (Å²) in [6, 6.07) is 7.40. The van der Waals surface area contributed by atoms with E-state index in [0.717, 1.165) is 36.6 Å². The summed E-state index contributed by atoms with van der Waals surface area (Å²) in [4.78, 5) is 17.9. The summed E-state index contributed by atoms with van der Waals surface area (Å²) in [6.45, 7) is 2.62. The fourth-order valence-electron chi connectivity index (χ4n) is 2.12. The number of carbonyl (C=O) groups is 1. The Morgan fingerprint density at radius 3 is 2.55 bits per heavy atom. The number of esters is 1. The van der Waals surface area contributed by atoms with E-state index in [1.807, 2.05) is 23.9 Å². The predicted octanol–water partition coefficient (Wildman–Crippen LogP) is 2.00. The van der Waals surface area contributed by atoms with Gasteiger partial charge in [-0.1, -0.05) is 12.1 Å². The minimum Gasteiger partial charge on any atom is -0.465 e. The molecule has 2 N–H and O–H groups in total. The lowest BCUT2D eigenvalue weighted by atomic mass is 10.1. The smallest absolute Gasteiger partial charge is 0.337 e. The number of aliphatic imine (C=N–C) groups is 1. The summed E-state index contributed by atoms with van der Waals surface area (Å²) in [5.41, 5.74) is 7.70. The molecular formula is C15H22IN3O2S. The molecule has 0 aliphatic carbocycles. The van der Waals surface area contributed by atoms with E-state index < -0.39 is 0 Å². The van der Waals surface area contributed by atoms with Crippen LogP contribution in [0.1, 0.15) is 15.9 Å². The number of methoxy groups -OCH3 is 1. The molecule has 0 saturated carbocycles. The number of carbonyl (C=O) groups excluding carboxylic acids is 1. The van der Waals surface area contributed by atoms with Crippen LogP contribution in [-0.4, -0.2) is 55.1 Å². The van der Waals surface area contributed by atoms with Gasteiger partial charge >= 0.3 is 5.97 Å². The van der Waals surface area contributed by atoms with Crippen LogP contribution < -0.4 is 5.73 Å². The number of nitrogens with two attached hydrogens (primary N) is 1. The Balaban J connectivity index is 0.00000242. The third-order valence-corrected chi connectivity index (χ3v) is 4.33. The molecule has 1 saturated heterocycles. The van der Waals surface area contributed by atoms with E-state index in [1.54, 1.807) is 12.1 Å². The van der Waals surface area contributed by atoms with E-state index in [0.29, 0.717) is 18.1 Å². The number of nitrogens with zero attached hydrogens (tertiary/aromatic N) is 2. The van der Waals surface area contributed by atoms with Crippen molar-refractivity contribution in [3.05, 3.63) is 35.4 Å². The maximum absolute atomic E-state index is 11.3. The highest BCUT2D eigenvalue weighted by molar-refractivity contribution is 14.0. The summed E-state index contributed by atoms with van der Waals surface area (Å²) in [6.07, 6.45) is 0.810. The fraction of sp³-hybridized carbons (Fsp3) is 0.467. The SMILES string of the molecule is COC(=O)c1ccc(CCN=C(N)N2CCSCC2)cc1.I. The molecule has 22 heavy (non-hydrogen) atoms. The molecule has 1 heterocycles. The molecule has 1 aromatic rings. The van der Waals surface area contributed by atoms with Crippen LogP contribution in [0.15, 0.2) is 29.3 Å². The zero-order chi connectivity index (χ0) is 15.1. The van der Waals surface area contributed by atoms with Gasteiger partial charge in [0.1, 0.15) is 0 Å². The molecule has 7 heteroatoms. The number of rotatable bonds is 4. The lowest BCUT2D eigenvalue weighted by molar-refractivity contribution is 0.0600. The Labute approximate surface area is 152 Å². The highest BCUT2D eigenvalue weighted by Gasteiger charge is 2.11. The number of hydrogen-bond acceptors (Lipinski definition) is 4. The van der Waals surface area contributed by atoms with Crippen molar-refractivity contribution < 1.29 is 9.53 Å². The molecule has 0 atom stereocenters. The van der Waals surface area contributed by atoms with Crippen LogP contribution in [0.25, 0.3) is 0 Å². The first-order valence-electron chi connectivity index (χ1n) is 7.00. The van der Waals surface area contributed by atoms with E-state index in [-0.39, 0.29) is 29.9 Å². The van der Waals surface area contributed by atoms with E-state index in [4.69, 9.17) is 5.73 Å². The maximum atomic E-state index is 11.3. The van der Waals surface area contributed by atoms with Gasteiger partial charge in [0.2, 0.25) is 0 Å². The third kappa shape index (κ3) is 5.68. The molecule has 2 rings (SSSR count). The lowest BCUT2D eigenvalue weighted by Gasteiger charge is -2.27. The highest BCUT2D eigenvalue weighted by Crippen LogP contribution is 2.09. The van der Waals surface area contributed by atoms with Crippen LogP contribution >= 0.6 is 35.7 Å². The van der Waals surface area contributed by atoms with Gasteiger partial charge in [-0.3, -0.25) is 4.99 Å². The first-order valence-corrected chi connectivity index (χ1v) is 8.16. The van der Waals surface area contributed by atoms with Gasteiger partial charge < -0.3 is 15.4 Å². The van der Waals surface area contributed by atoms with Crippen molar-refractivity contribution in [3.63, 3.8) is 0 Å². The Kier molecular flexibility index (Phi) is 8.62. The Bertz CT molecular complexity index is 502. The van der Waals surface area contributed by atoms with Gasteiger partial charge in [-0.25, -0.2) is 4.79 Å². The molecule has 0 bridgehead atoms. The van der Waals surface area contributed by atoms with Crippen LogP contribution in [0.5, 0.6) is 0 Å². The predicted molar refractivity (Wildman–Crippen MR) is 102 cm³/mol. The topological polar surface area (TPSA) is 67.9 Å². The van der Waals surface area contributed by atoms with Crippen molar-refractivity contribution in [2.24, 2.45) is 10.7 Å². The zero-order valence-electron chi connectivity index (χ0n) is 12.7. The molecule has 1 aliphatic heterocycles. The van der Waals surface area contributed by atoms with Crippen molar-refractivity contribution >= 4 is 47.7 Å². The van der Waals surface area contributed by atoms with Gasteiger partial charge in [0.25, 0.3) is 0 Å². The van der Waals surface area contributed by atoms with Crippen LogP contribution in [-0.2, 0) is 11.2 Å². The second-order valence-electron chi connectivity index (χ2n) is 4.78. The molecule has 0 unspecified atom stereocenters. The van der Waals surface area contributed by atoms with Crippen molar-refractivity contribution in [2.45, 2.75) is 6.42 Å². The largest absolute Gasteiger partial charge is 0.465 e. The van der Waals surface area contributed by atoms with Gasteiger partial charge in [0, 0.05) is 31.1 Å². The summed E-state index contributed by atoms with van der Waals surface area (Å²) in [7, 11) is 1.38. The van der Waals surface area contributed by atoms with Crippen molar-refractivity contribution in [2.75, 3.05) is 38.2 Å². The molecule has 1 aliphatic rings. The number of thioether (sulfide) groups is 1. The molecule has 0 radical (unpaired) electrons. The quantitative estimate of drug-likeness (QED) is 0.339. The molecule has 0 aromatic heterocycles. The number of ether oxygens (including phenoxy) is 1. The van der Waals surface area contributed by atoms with Crippen LogP contribution in [0.4, 0.5) is 0 Å². The molecule has 122 valence electrons. The Morgan fingerprint density at radius 1 is 1.32 bits per heavy atom. The van der Waals surface area contributed by atoms with Crippen LogP contribution in [0.3, 0.4) is 0 Å². The average molecular weight is 435 g/mol. The zero-order valence-corrected chi connectivity index (χ0v) is 15.8. The number of guanidine groups is 1. The molecule has 1 fully saturated rings. The summed E-state index contributed by atoms with van der Waals surface area (Å²) in [5.74, 6) is 2.56. The van der Waals surface area contributed by atoms with E-state index in [1.165, 1.54) is 7.11 Å². The minimum atomic E-state index is -0.313. The number of hydrogen-bond donors (Lipinski definition) is 1. The number of halogens is 1. The minimum absolute atomic E-state index is 0. The molecule has 1 aromatic carbocycles. The molecule has 5 nitrogen and oxygen atoms in total. The monoisotopic (exact) mass is 435 g/mol. The molecule has 0 amide bonds. The molecule has 0 spiro atoms. The van der Waals surface area contributed by atoms with E-state index in [2.05, 4.69) is 14.6 Å². The van der Waals surface area contributed by atoms with Gasteiger partial charge in [0.15, 0.2) is 5.96 Å². The van der Waals surface area contributed by atoms with Gasteiger partial charge in [-0.05, 0) is 24.1 Å². The number of benzene rings is 1. The summed E-state index contributed by atoms with van der Waals surface area (Å²) >= 11 is 1.95. The van der Waals surface area contributed by atoms with Crippen LogP contribution in [0, 0.1) is 0 Å². The van der Waals surface area contributed by atoms with Gasteiger partial charge in [-0.15, -0.1) is 24.0 Å². The standard InChI is InChI=1S/C15H21N3O2S.HI/c1-20-14(19)13-4-2-12(3-5-13)6-7-17-15(16)18-8-10-21-11-9-18;/h2-5H,6-11H2,1H3,(H2,16,17);1H. The lowest BCUT2D eigenvalue weighted by Crippen LogP contribution is -2.42. The maximum Gasteiger partial charge on any atom is 0.337 e.